The molecule has 0 atom stereocenters. The zero-order valence-corrected chi connectivity index (χ0v) is 18.8. The molecule has 34 heavy (non-hydrogen) atoms. The molecule has 8 N–H and O–H groups in total. The molecule has 0 radical (unpaired) electrons. The fourth-order valence-corrected chi connectivity index (χ4v) is 1.81. The number of hydrogen-bond donors (Lipinski definition) is 8. The number of phenolic OH excluding ortho intramolecular Hbond substituents is 8. The SMILES string of the molecule is CC.Oc1ccc(O)cc1.Oc1ccc(O)cc1.Oc1ccc(O)cc1.Oc1ccc(O)cc1. The minimum atomic E-state index is 0.169. The Labute approximate surface area is 198 Å². The van der Waals surface area contributed by atoms with Gasteiger partial charge in [0.1, 0.15) is 46.0 Å². The summed E-state index contributed by atoms with van der Waals surface area (Å²) in [6.45, 7) is 4.00. The van der Waals surface area contributed by atoms with Gasteiger partial charge in [0, 0.05) is 0 Å². The minimum absolute atomic E-state index is 0.169. The maximum atomic E-state index is 8.65. The van der Waals surface area contributed by atoms with Gasteiger partial charge in [0.05, 0.1) is 0 Å². The third kappa shape index (κ3) is 15.1. The highest BCUT2D eigenvalue weighted by Crippen LogP contribution is 2.15. The van der Waals surface area contributed by atoms with Crippen molar-refractivity contribution in [3.05, 3.63) is 97.1 Å². The quantitative estimate of drug-likeness (QED) is 0.158. The molecule has 0 aliphatic carbocycles. The van der Waals surface area contributed by atoms with E-state index in [4.69, 9.17) is 40.9 Å². The summed E-state index contributed by atoms with van der Waals surface area (Å²) in [5.74, 6) is 1.35. The molecule has 0 bridgehead atoms. The van der Waals surface area contributed by atoms with Gasteiger partial charge in [-0.15, -0.1) is 0 Å². The van der Waals surface area contributed by atoms with E-state index < -0.39 is 0 Å². The lowest BCUT2D eigenvalue weighted by atomic mass is 10.3. The third-order valence-electron chi connectivity index (χ3n) is 3.40. The molecular weight excluding hydrogens is 440 g/mol. The van der Waals surface area contributed by atoms with Crippen molar-refractivity contribution in [2.45, 2.75) is 13.8 Å². The summed E-state index contributed by atoms with van der Waals surface area (Å²) in [5, 5.41) is 69.2. The molecule has 4 aromatic rings. The Morgan fingerprint density at radius 1 is 0.235 bits per heavy atom. The molecule has 8 nitrogen and oxygen atoms in total. The van der Waals surface area contributed by atoms with Crippen molar-refractivity contribution >= 4 is 0 Å². The van der Waals surface area contributed by atoms with Crippen molar-refractivity contribution in [2.75, 3.05) is 0 Å². The van der Waals surface area contributed by atoms with E-state index in [1.165, 1.54) is 97.1 Å². The van der Waals surface area contributed by atoms with Crippen LogP contribution in [-0.2, 0) is 0 Å². The van der Waals surface area contributed by atoms with Gasteiger partial charge in [0.25, 0.3) is 0 Å². The van der Waals surface area contributed by atoms with Crippen molar-refractivity contribution in [2.24, 2.45) is 0 Å². The van der Waals surface area contributed by atoms with E-state index in [0.29, 0.717) is 0 Å². The smallest absolute Gasteiger partial charge is 0.115 e. The average Bonchev–Trinajstić information content (AvgIpc) is 2.84. The second-order valence-corrected chi connectivity index (χ2v) is 6.07. The van der Waals surface area contributed by atoms with Gasteiger partial charge in [0.2, 0.25) is 0 Å². The molecular formula is C26H30O8. The highest BCUT2D eigenvalue weighted by molar-refractivity contribution is 5.30. The van der Waals surface area contributed by atoms with Crippen molar-refractivity contribution < 1.29 is 40.9 Å². The molecule has 4 rings (SSSR count). The molecule has 8 heteroatoms. The number of aromatic hydroxyl groups is 8. The largest absolute Gasteiger partial charge is 0.508 e. The Kier molecular flexibility index (Phi) is 14.6. The molecule has 0 fully saturated rings. The van der Waals surface area contributed by atoms with Gasteiger partial charge >= 0.3 is 0 Å². The van der Waals surface area contributed by atoms with Gasteiger partial charge in [-0.2, -0.15) is 0 Å². The topological polar surface area (TPSA) is 162 Å². The lowest BCUT2D eigenvalue weighted by Crippen LogP contribution is -1.61. The predicted octanol–water partition coefficient (Wildman–Crippen LogP) is 5.42. The van der Waals surface area contributed by atoms with E-state index in [9.17, 15) is 0 Å². The van der Waals surface area contributed by atoms with E-state index in [0.717, 1.165) is 0 Å². The third-order valence-corrected chi connectivity index (χ3v) is 3.40. The van der Waals surface area contributed by atoms with Gasteiger partial charge in [-0.25, -0.2) is 0 Å². The summed E-state index contributed by atoms with van der Waals surface area (Å²) in [6, 6.07) is 22.8. The molecule has 0 saturated carbocycles. The van der Waals surface area contributed by atoms with E-state index in [1.807, 2.05) is 13.8 Å². The second-order valence-electron chi connectivity index (χ2n) is 6.07. The maximum Gasteiger partial charge on any atom is 0.115 e. The van der Waals surface area contributed by atoms with E-state index in [1.54, 1.807) is 0 Å². The standard InChI is InChI=1S/4C6H6O2.C2H6/c4*7-5-1-2-6(8)4-3-5;1-2/h4*1-4,7-8H;1-2H3. The van der Waals surface area contributed by atoms with E-state index >= 15 is 0 Å². The number of benzene rings is 4. The van der Waals surface area contributed by atoms with Crippen LogP contribution in [0.25, 0.3) is 0 Å². The van der Waals surface area contributed by atoms with Crippen molar-refractivity contribution in [1.29, 1.82) is 0 Å². The lowest BCUT2D eigenvalue weighted by molar-refractivity contribution is 0.460. The number of phenols is 8. The minimum Gasteiger partial charge on any atom is -0.508 e. The van der Waals surface area contributed by atoms with Crippen LogP contribution >= 0.6 is 0 Å². The molecule has 0 heterocycles. The van der Waals surface area contributed by atoms with Gasteiger partial charge in [0.15, 0.2) is 0 Å². The highest BCUT2D eigenvalue weighted by Gasteiger charge is 1.86. The fraction of sp³-hybridized carbons (Fsp3) is 0.0769. The lowest BCUT2D eigenvalue weighted by Gasteiger charge is -1.88. The molecule has 0 spiro atoms. The molecule has 0 amide bonds. The molecule has 0 unspecified atom stereocenters. The fourth-order valence-electron chi connectivity index (χ4n) is 1.81. The molecule has 0 aliphatic rings. The van der Waals surface area contributed by atoms with Crippen LogP contribution in [0, 0.1) is 0 Å². The molecule has 182 valence electrons. The van der Waals surface area contributed by atoms with Gasteiger partial charge in [-0.05, 0) is 97.1 Å². The van der Waals surface area contributed by atoms with Crippen LogP contribution in [0.2, 0.25) is 0 Å². The van der Waals surface area contributed by atoms with Crippen LogP contribution in [0.15, 0.2) is 97.1 Å². The summed E-state index contributed by atoms with van der Waals surface area (Å²) < 4.78 is 0. The highest BCUT2D eigenvalue weighted by atomic mass is 16.3. The monoisotopic (exact) mass is 470 g/mol. The van der Waals surface area contributed by atoms with Crippen molar-refractivity contribution in [3.8, 4) is 46.0 Å². The zero-order chi connectivity index (χ0) is 25.9. The Morgan fingerprint density at radius 2 is 0.294 bits per heavy atom. The first-order valence-electron chi connectivity index (χ1n) is 10.1. The normalized spacial score (nSPS) is 8.65. The van der Waals surface area contributed by atoms with Gasteiger partial charge in [-0.3, -0.25) is 0 Å². The summed E-state index contributed by atoms with van der Waals surface area (Å²) in [5.41, 5.74) is 0. The van der Waals surface area contributed by atoms with Crippen LogP contribution in [0.1, 0.15) is 13.8 Å². The Morgan fingerprint density at radius 3 is 0.353 bits per heavy atom. The van der Waals surface area contributed by atoms with E-state index in [2.05, 4.69) is 0 Å². The second kappa shape index (κ2) is 16.9. The molecule has 4 aromatic carbocycles. The van der Waals surface area contributed by atoms with Crippen molar-refractivity contribution in [3.63, 3.8) is 0 Å². The molecule has 0 saturated heterocycles. The summed E-state index contributed by atoms with van der Waals surface area (Å²) in [7, 11) is 0. The van der Waals surface area contributed by atoms with Crippen LogP contribution in [-0.4, -0.2) is 40.9 Å². The van der Waals surface area contributed by atoms with E-state index in [-0.39, 0.29) is 46.0 Å². The van der Waals surface area contributed by atoms with Gasteiger partial charge in [-0.1, -0.05) is 13.8 Å². The summed E-state index contributed by atoms with van der Waals surface area (Å²) >= 11 is 0. The Hall–Kier alpha value is -4.72. The van der Waals surface area contributed by atoms with Crippen LogP contribution in [0.5, 0.6) is 46.0 Å². The Bertz CT molecular complexity index is 756. The maximum absolute atomic E-state index is 8.65. The predicted molar refractivity (Wildman–Crippen MR) is 130 cm³/mol. The molecule has 0 aliphatic heterocycles. The van der Waals surface area contributed by atoms with Crippen LogP contribution < -0.4 is 0 Å². The average molecular weight is 471 g/mol. The summed E-state index contributed by atoms with van der Waals surface area (Å²) in [6.07, 6.45) is 0. The summed E-state index contributed by atoms with van der Waals surface area (Å²) in [4.78, 5) is 0. The first-order valence-corrected chi connectivity index (χ1v) is 10.1. The number of rotatable bonds is 0. The first kappa shape index (κ1) is 29.3. The zero-order valence-electron chi connectivity index (χ0n) is 18.8. The van der Waals surface area contributed by atoms with Gasteiger partial charge < -0.3 is 40.9 Å². The Balaban J connectivity index is 0.000000416. The number of hydrogen-bond acceptors (Lipinski definition) is 8. The van der Waals surface area contributed by atoms with Crippen LogP contribution in [0.3, 0.4) is 0 Å². The van der Waals surface area contributed by atoms with Crippen molar-refractivity contribution in [1.82, 2.24) is 0 Å². The van der Waals surface area contributed by atoms with Crippen LogP contribution in [0.4, 0.5) is 0 Å². The first-order chi connectivity index (χ1) is 16.2. The molecule has 0 aromatic heterocycles.